The van der Waals surface area contributed by atoms with E-state index >= 15 is 0 Å². The van der Waals surface area contributed by atoms with Crippen molar-refractivity contribution in [3.63, 3.8) is 0 Å². The fourth-order valence-corrected chi connectivity index (χ4v) is 3.06. The van der Waals surface area contributed by atoms with E-state index in [1.807, 2.05) is 0 Å². The molecule has 0 aromatic carbocycles. The van der Waals surface area contributed by atoms with Crippen LogP contribution < -0.4 is 0 Å². The molecular formula is C14H26ClO2P. The number of rotatable bonds is 9. The molecule has 0 fully saturated rings. The maximum atomic E-state index is 6.03. The highest BCUT2D eigenvalue weighted by Crippen LogP contribution is 2.36. The lowest BCUT2D eigenvalue weighted by molar-refractivity contribution is -0.00421. The Labute approximate surface area is 118 Å². The van der Waals surface area contributed by atoms with Crippen LogP contribution in [0.5, 0.6) is 0 Å². The third-order valence-electron chi connectivity index (χ3n) is 3.07. The first-order valence-electron chi connectivity index (χ1n) is 6.45. The van der Waals surface area contributed by atoms with Gasteiger partial charge in [0.1, 0.15) is 5.76 Å². The van der Waals surface area contributed by atoms with Gasteiger partial charge in [-0.3, -0.25) is 0 Å². The van der Waals surface area contributed by atoms with Gasteiger partial charge in [0.15, 0.2) is 6.79 Å². The van der Waals surface area contributed by atoms with Gasteiger partial charge in [-0.05, 0) is 39.4 Å². The van der Waals surface area contributed by atoms with Gasteiger partial charge in [-0.1, -0.05) is 43.7 Å². The van der Waals surface area contributed by atoms with E-state index in [2.05, 4.69) is 39.8 Å². The van der Waals surface area contributed by atoms with E-state index in [0.29, 0.717) is 19.5 Å². The SMILES string of the molecule is CC/C(C)=C\C=C(\OCOC)C(C)C(CC)PCl. The summed E-state index contributed by atoms with van der Waals surface area (Å²) in [5.41, 5.74) is 1.80. The summed E-state index contributed by atoms with van der Waals surface area (Å²) in [6, 6.07) is 0. The van der Waals surface area contributed by atoms with Crippen molar-refractivity contribution in [1.82, 2.24) is 0 Å². The van der Waals surface area contributed by atoms with Gasteiger partial charge in [-0.25, -0.2) is 0 Å². The number of ether oxygens (including phenoxy) is 2. The van der Waals surface area contributed by atoms with Crippen LogP contribution >= 0.6 is 19.2 Å². The number of hydrogen-bond donors (Lipinski definition) is 0. The fraction of sp³-hybridized carbons (Fsp3) is 0.714. The predicted molar refractivity (Wildman–Crippen MR) is 82.5 cm³/mol. The summed E-state index contributed by atoms with van der Waals surface area (Å²) in [6.07, 6.45) is 6.29. The van der Waals surface area contributed by atoms with Crippen LogP contribution in [-0.2, 0) is 9.47 Å². The van der Waals surface area contributed by atoms with E-state index in [-0.39, 0.29) is 6.79 Å². The zero-order valence-electron chi connectivity index (χ0n) is 12.1. The molecule has 0 rings (SSSR count). The summed E-state index contributed by atoms with van der Waals surface area (Å²) >= 11 is 6.03. The van der Waals surface area contributed by atoms with Crippen molar-refractivity contribution in [1.29, 1.82) is 0 Å². The van der Waals surface area contributed by atoms with Crippen LogP contribution in [0, 0.1) is 5.92 Å². The van der Waals surface area contributed by atoms with Crippen molar-refractivity contribution in [2.24, 2.45) is 5.92 Å². The Balaban J connectivity index is 4.85. The molecule has 0 N–H and O–H groups in total. The molecule has 0 bridgehead atoms. The highest BCUT2D eigenvalue weighted by atomic mass is 35.7. The third-order valence-corrected chi connectivity index (χ3v) is 5.09. The first-order valence-corrected chi connectivity index (χ1v) is 8.54. The molecule has 0 saturated heterocycles. The number of hydrogen-bond acceptors (Lipinski definition) is 2. The van der Waals surface area contributed by atoms with Gasteiger partial charge in [0, 0.05) is 13.0 Å². The van der Waals surface area contributed by atoms with Crippen LogP contribution in [-0.4, -0.2) is 19.6 Å². The van der Waals surface area contributed by atoms with Crippen LogP contribution in [0.25, 0.3) is 0 Å². The van der Waals surface area contributed by atoms with E-state index < -0.39 is 0 Å². The van der Waals surface area contributed by atoms with Crippen molar-refractivity contribution < 1.29 is 9.47 Å². The maximum absolute atomic E-state index is 6.03. The van der Waals surface area contributed by atoms with Crippen LogP contribution in [0.4, 0.5) is 0 Å². The van der Waals surface area contributed by atoms with Gasteiger partial charge in [0.2, 0.25) is 0 Å². The second-order valence-corrected chi connectivity index (χ2v) is 6.01. The smallest absolute Gasteiger partial charge is 0.188 e. The van der Waals surface area contributed by atoms with Crippen LogP contribution in [0.3, 0.4) is 0 Å². The average Bonchev–Trinajstić information content (AvgIpc) is 2.39. The van der Waals surface area contributed by atoms with Crippen LogP contribution in [0.1, 0.15) is 40.5 Å². The largest absolute Gasteiger partial charge is 0.472 e. The molecule has 0 aromatic heterocycles. The van der Waals surface area contributed by atoms with Gasteiger partial charge in [-0.15, -0.1) is 0 Å². The Kier molecular flexibility index (Phi) is 10.8. The summed E-state index contributed by atoms with van der Waals surface area (Å²) in [7, 11) is 2.05. The topological polar surface area (TPSA) is 18.5 Å². The molecule has 4 heteroatoms. The second kappa shape index (κ2) is 10.8. The van der Waals surface area contributed by atoms with Crippen LogP contribution in [0.2, 0.25) is 0 Å². The second-order valence-electron chi connectivity index (χ2n) is 4.40. The maximum Gasteiger partial charge on any atom is 0.188 e. The number of allylic oxidation sites excluding steroid dienone is 4. The lowest BCUT2D eigenvalue weighted by Gasteiger charge is -2.23. The molecule has 0 amide bonds. The number of halogens is 1. The molecule has 0 aliphatic heterocycles. The van der Waals surface area contributed by atoms with Crippen molar-refractivity contribution in [3.05, 3.63) is 23.5 Å². The molecule has 106 valence electrons. The van der Waals surface area contributed by atoms with Crippen molar-refractivity contribution in [2.45, 2.75) is 46.2 Å². The van der Waals surface area contributed by atoms with Gasteiger partial charge in [-0.2, -0.15) is 0 Å². The molecule has 3 unspecified atom stereocenters. The van der Waals surface area contributed by atoms with Gasteiger partial charge in [0.05, 0.1) is 0 Å². The zero-order chi connectivity index (χ0) is 14.0. The first-order chi connectivity index (χ1) is 8.60. The summed E-state index contributed by atoms with van der Waals surface area (Å²) in [5, 5.41) is 0. The lowest BCUT2D eigenvalue weighted by atomic mass is 10.0. The molecule has 2 nitrogen and oxygen atoms in total. The van der Waals surface area contributed by atoms with Gasteiger partial charge < -0.3 is 9.47 Å². The lowest BCUT2D eigenvalue weighted by Crippen LogP contribution is -2.16. The Hall–Kier alpha value is -0.0400. The number of methoxy groups -OCH3 is 1. The fourth-order valence-electron chi connectivity index (χ4n) is 1.52. The van der Waals surface area contributed by atoms with Gasteiger partial charge >= 0.3 is 0 Å². The van der Waals surface area contributed by atoms with Crippen molar-refractivity contribution >= 4 is 19.2 Å². The molecule has 0 saturated carbocycles. The van der Waals surface area contributed by atoms with E-state index in [4.69, 9.17) is 20.7 Å². The summed E-state index contributed by atoms with van der Waals surface area (Å²) in [5.74, 6) is 1.28. The molecule has 0 radical (unpaired) electrons. The Morgan fingerprint density at radius 3 is 2.44 bits per heavy atom. The quantitative estimate of drug-likeness (QED) is 0.255. The average molecular weight is 293 g/mol. The molecule has 0 aromatic rings. The third kappa shape index (κ3) is 6.78. The van der Waals surface area contributed by atoms with Crippen molar-refractivity contribution in [3.8, 4) is 0 Å². The Bertz CT molecular complexity index is 273. The summed E-state index contributed by atoms with van der Waals surface area (Å²) < 4.78 is 10.7. The van der Waals surface area contributed by atoms with E-state index in [9.17, 15) is 0 Å². The molecule has 18 heavy (non-hydrogen) atoms. The molecular weight excluding hydrogens is 267 g/mol. The van der Waals surface area contributed by atoms with Crippen LogP contribution in [0.15, 0.2) is 23.5 Å². The molecule has 0 heterocycles. The zero-order valence-corrected chi connectivity index (χ0v) is 13.9. The normalized spacial score (nSPS) is 17.2. The summed E-state index contributed by atoms with van der Waals surface area (Å²) in [4.78, 5) is 0. The first kappa shape index (κ1) is 18.0. The minimum Gasteiger partial charge on any atom is -0.472 e. The van der Waals surface area contributed by atoms with E-state index in [1.54, 1.807) is 7.11 Å². The molecule has 0 aliphatic carbocycles. The monoisotopic (exact) mass is 292 g/mol. The minimum atomic E-state index is 0.289. The Morgan fingerprint density at radius 1 is 1.33 bits per heavy atom. The van der Waals surface area contributed by atoms with E-state index in [0.717, 1.165) is 18.6 Å². The van der Waals surface area contributed by atoms with Crippen molar-refractivity contribution in [2.75, 3.05) is 13.9 Å². The predicted octanol–water partition coefficient (Wildman–Crippen LogP) is 5.09. The Morgan fingerprint density at radius 2 is 2.00 bits per heavy atom. The summed E-state index contributed by atoms with van der Waals surface area (Å²) in [6.45, 7) is 8.89. The minimum absolute atomic E-state index is 0.289. The highest BCUT2D eigenvalue weighted by molar-refractivity contribution is 7.69. The molecule has 3 atom stereocenters. The molecule has 0 spiro atoms. The van der Waals surface area contributed by atoms with E-state index in [1.165, 1.54) is 5.57 Å². The standard InChI is InChI=1S/C14H26ClO2P/c1-6-11(3)8-9-13(17-10-16-5)12(4)14(7-2)18-15/h8-9,12,14,18H,6-7,10H2,1-5H3/b11-8-,13-9+. The molecule has 0 aliphatic rings. The van der Waals surface area contributed by atoms with Gasteiger partial charge in [0.25, 0.3) is 0 Å². The highest BCUT2D eigenvalue weighted by Gasteiger charge is 2.19.